The van der Waals surface area contributed by atoms with E-state index in [0.29, 0.717) is 11.1 Å². The third-order valence-electron chi connectivity index (χ3n) is 7.54. The van der Waals surface area contributed by atoms with Crippen LogP contribution in [0.15, 0.2) is 59.8 Å². The number of pyridine rings is 1. The zero-order chi connectivity index (χ0) is 25.7. The van der Waals surface area contributed by atoms with Crippen LogP contribution in [0.3, 0.4) is 0 Å². The van der Waals surface area contributed by atoms with Crippen molar-refractivity contribution in [1.29, 1.82) is 0 Å². The standard InChI is InChI=1S/C29H29F2N5O/c1-34-9-6-18(13-28(34)37)21-10-19-5-7-32-16-25(19)27(12-21)36-8-3-4-20-11-23(22-15-33-35(2)17-22)24(29(30)31)14-26(20)36/h6,9-15,17,29,32H,3-5,7-8,16H2,1-2H3. The molecule has 8 heteroatoms. The van der Waals surface area contributed by atoms with Crippen molar-refractivity contribution in [2.24, 2.45) is 14.1 Å². The number of fused-ring (bicyclic) bond motifs is 2. The molecule has 2 aliphatic heterocycles. The number of alkyl halides is 2. The summed E-state index contributed by atoms with van der Waals surface area (Å²) < 4.78 is 31.9. The van der Waals surface area contributed by atoms with Crippen LogP contribution in [0.5, 0.6) is 0 Å². The van der Waals surface area contributed by atoms with Crippen molar-refractivity contribution in [1.82, 2.24) is 19.7 Å². The molecule has 0 atom stereocenters. The maximum absolute atomic E-state index is 14.4. The van der Waals surface area contributed by atoms with E-state index in [9.17, 15) is 13.6 Å². The van der Waals surface area contributed by atoms with Crippen molar-refractivity contribution >= 4 is 11.4 Å². The molecule has 2 aromatic carbocycles. The molecule has 190 valence electrons. The van der Waals surface area contributed by atoms with Crippen LogP contribution < -0.4 is 15.8 Å². The minimum absolute atomic E-state index is 0.0216. The third-order valence-corrected chi connectivity index (χ3v) is 7.54. The molecule has 37 heavy (non-hydrogen) atoms. The van der Waals surface area contributed by atoms with Crippen LogP contribution in [0.4, 0.5) is 20.2 Å². The van der Waals surface area contributed by atoms with Crippen LogP contribution in [-0.2, 0) is 33.5 Å². The average molecular weight is 502 g/mol. The van der Waals surface area contributed by atoms with E-state index in [2.05, 4.69) is 27.4 Å². The maximum atomic E-state index is 14.4. The summed E-state index contributed by atoms with van der Waals surface area (Å²) in [5.41, 5.74) is 8.39. The van der Waals surface area contributed by atoms with E-state index in [1.165, 1.54) is 11.1 Å². The zero-order valence-electron chi connectivity index (χ0n) is 21.0. The number of benzene rings is 2. The molecule has 0 radical (unpaired) electrons. The number of nitrogens with zero attached hydrogens (tertiary/aromatic N) is 4. The number of hydrogen-bond donors (Lipinski definition) is 1. The maximum Gasteiger partial charge on any atom is 0.264 e. The molecule has 0 saturated heterocycles. The first kappa shape index (κ1) is 23.6. The molecule has 6 rings (SSSR count). The van der Waals surface area contributed by atoms with Gasteiger partial charge in [0.25, 0.3) is 12.0 Å². The van der Waals surface area contributed by atoms with Gasteiger partial charge in [-0.05, 0) is 83.5 Å². The molecule has 6 nitrogen and oxygen atoms in total. The number of hydrogen-bond acceptors (Lipinski definition) is 4. The predicted octanol–water partition coefficient (Wildman–Crippen LogP) is 5.12. The van der Waals surface area contributed by atoms with E-state index in [1.54, 1.807) is 54.1 Å². The molecular weight excluding hydrogens is 472 g/mol. The number of aryl methyl sites for hydroxylation is 3. The molecule has 2 aromatic heterocycles. The van der Waals surface area contributed by atoms with E-state index < -0.39 is 6.43 Å². The summed E-state index contributed by atoms with van der Waals surface area (Å²) in [4.78, 5) is 14.6. The Balaban J connectivity index is 1.52. The van der Waals surface area contributed by atoms with E-state index in [-0.39, 0.29) is 11.1 Å². The Hall–Kier alpha value is -3.78. The predicted molar refractivity (Wildman–Crippen MR) is 141 cm³/mol. The highest BCUT2D eigenvalue weighted by Gasteiger charge is 2.27. The van der Waals surface area contributed by atoms with Gasteiger partial charge in [-0.25, -0.2) is 8.78 Å². The number of nitrogens with one attached hydrogen (secondary N) is 1. The summed E-state index contributed by atoms with van der Waals surface area (Å²) >= 11 is 0. The van der Waals surface area contributed by atoms with Crippen molar-refractivity contribution in [2.75, 3.05) is 18.0 Å². The molecule has 4 heterocycles. The lowest BCUT2D eigenvalue weighted by molar-refractivity contribution is 0.152. The summed E-state index contributed by atoms with van der Waals surface area (Å²) in [6, 6.07) is 11.5. The van der Waals surface area contributed by atoms with Crippen molar-refractivity contribution < 1.29 is 8.78 Å². The first-order valence-corrected chi connectivity index (χ1v) is 12.6. The van der Waals surface area contributed by atoms with Crippen LogP contribution in [0.2, 0.25) is 0 Å². The summed E-state index contributed by atoms with van der Waals surface area (Å²) in [6.45, 7) is 2.35. The molecule has 2 aliphatic rings. The molecular formula is C29H29F2N5O. The van der Waals surface area contributed by atoms with Crippen LogP contribution in [0, 0.1) is 0 Å². The Bertz CT molecular complexity index is 1550. The Morgan fingerprint density at radius 1 is 0.973 bits per heavy atom. The lowest BCUT2D eigenvalue weighted by Crippen LogP contribution is -2.30. The van der Waals surface area contributed by atoms with E-state index in [4.69, 9.17) is 0 Å². The van der Waals surface area contributed by atoms with E-state index in [1.807, 2.05) is 12.1 Å². The molecule has 0 bridgehead atoms. The van der Waals surface area contributed by atoms with Gasteiger partial charge >= 0.3 is 0 Å². The highest BCUT2D eigenvalue weighted by atomic mass is 19.3. The first-order valence-electron chi connectivity index (χ1n) is 12.6. The molecule has 1 N–H and O–H groups in total. The minimum atomic E-state index is -2.60. The second-order valence-electron chi connectivity index (χ2n) is 9.95. The lowest BCUT2D eigenvalue weighted by Gasteiger charge is -2.36. The first-order chi connectivity index (χ1) is 17.9. The van der Waals surface area contributed by atoms with Gasteiger partial charge in [0.05, 0.1) is 6.20 Å². The molecule has 0 spiro atoms. The third kappa shape index (κ3) is 4.25. The summed E-state index contributed by atoms with van der Waals surface area (Å²) in [7, 11) is 3.53. The summed E-state index contributed by atoms with van der Waals surface area (Å²) in [5, 5.41) is 7.67. The Morgan fingerprint density at radius 2 is 1.84 bits per heavy atom. The molecule has 4 aromatic rings. The zero-order valence-corrected chi connectivity index (χ0v) is 21.0. The van der Waals surface area contributed by atoms with Crippen molar-refractivity contribution in [3.05, 3.63) is 87.6 Å². The highest BCUT2D eigenvalue weighted by molar-refractivity contribution is 5.81. The number of rotatable bonds is 4. The van der Waals surface area contributed by atoms with Crippen LogP contribution >= 0.6 is 0 Å². The van der Waals surface area contributed by atoms with E-state index in [0.717, 1.165) is 67.0 Å². The van der Waals surface area contributed by atoms with Gasteiger partial charge in [-0.2, -0.15) is 5.10 Å². The molecule has 0 fully saturated rings. The van der Waals surface area contributed by atoms with Gasteiger partial charge < -0.3 is 14.8 Å². The number of halogens is 2. The van der Waals surface area contributed by atoms with Gasteiger partial charge in [0.2, 0.25) is 0 Å². The fourth-order valence-electron chi connectivity index (χ4n) is 5.60. The smallest absolute Gasteiger partial charge is 0.264 e. The van der Waals surface area contributed by atoms with Gasteiger partial charge in [-0.3, -0.25) is 9.48 Å². The normalized spacial score (nSPS) is 15.1. The Labute approximate surface area is 214 Å². The largest absolute Gasteiger partial charge is 0.341 e. The molecule has 0 aliphatic carbocycles. The lowest BCUT2D eigenvalue weighted by atomic mass is 9.90. The van der Waals surface area contributed by atoms with Gasteiger partial charge in [0.15, 0.2) is 0 Å². The average Bonchev–Trinajstić information content (AvgIpc) is 3.34. The van der Waals surface area contributed by atoms with Gasteiger partial charge in [0.1, 0.15) is 0 Å². The van der Waals surface area contributed by atoms with Crippen molar-refractivity contribution in [2.45, 2.75) is 32.2 Å². The topological polar surface area (TPSA) is 55.1 Å². The Kier molecular flexibility index (Phi) is 5.91. The summed E-state index contributed by atoms with van der Waals surface area (Å²) in [5.74, 6) is 0. The minimum Gasteiger partial charge on any atom is -0.341 e. The Morgan fingerprint density at radius 3 is 2.59 bits per heavy atom. The van der Waals surface area contributed by atoms with Gasteiger partial charge in [-0.1, -0.05) is 6.07 Å². The molecule has 0 unspecified atom stereocenters. The fraction of sp³-hybridized carbons (Fsp3) is 0.310. The molecule has 0 amide bonds. The van der Waals surface area contributed by atoms with Crippen molar-refractivity contribution in [3.63, 3.8) is 0 Å². The van der Waals surface area contributed by atoms with Gasteiger partial charge in [-0.15, -0.1) is 0 Å². The van der Waals surface area contributed by atoms with Crippen LogP contribution in [0.1, 0.15) is 35.1 Å². The second kappa shape index (κ2) is 9.27. The van der Waals surface area contributed by atoms with Gasteiger partial charge in [0, 0.05) is 68.1 Å². The SMILES string of the molecule is Cn1cc(-c2cc3c(cc2C(F)F)N(c2cc(-c4ccn(C)c(=O)c4)cc4c2CNCC4)CCC3)cn1. The highest BCUT2D eigenvalue weighted by Crippen LogP contribution is 2.43. The summed E-state index contributed by atoms with van der Waals surface area (Å²) in [6.07, 6.45) is 5.23. The fourth-order valence-corrected chi connectivity index (χ4v) is 5.60. The monoisotopic (exact) mass is 501 g/mol. The van der Waals surface area contributed by atoms with Crippen LogP contribution in [0.25, 0.3) is 22.3 Å². The number of anilines is 2. The van der Waals surface area contributed by atoms with E-state index >= 15 is 0 Å². The quantitative estimate of drug-likeness (QED) is 0.422. The number of aromatic nitrogens is 3. The second-order valence-corrected chi connectivity index (χ2v) is 9.95. The molecule has 0 saturated carbocycles. The van der Waals surface area contributed by atoms with Crippen LogP contribution in [-0.4, -0.2) is 27.4 Å². The van der Waals surface area contributed by atoms with Crippen molar-refractivity contribution in [3.8, 4) is 22.3 Å².